The van der Waals surface area contributed by atoms with Crippen LogP contribution in [0.4, 0.5) is 17.6 Å². The number of pyridine rings is 1. The summed E-state index contributed by atoms with van der Waals surface area (Å²) >= 11 is 0. The van der Waals surface area contributed by atoms with E-state index in [1.54, 1.807) is 0 Å². The molecule has 2 rings (SSSR count). The van der Waals surface area contributed by atoms with Crippen LogP contribution < -0.4 is 0 Å². The maximum absolute atomic E-state index is 12.8. The Balaban J connectivity index is 2.52. The minimum Gasteiger partial charge on any atom is -0.390 e. The van der Waals surface area contributed by atoms with Crippen molar-refractivity contribution >= 4 is 0 Å². The fourth-order valence-corrected chi connectivity index (χ4v) is 1.66. The Labute approximate surface area is 106 Å². The van der Waals surface area contributed by atoms with Gasteiger partial charge in [0.1, 0.15) is 5.82 Å². The number of aliphatic hydroxyl groups is 1. The maximum atomic E-state index is 12.8. The average Bonchev–Trinajstić information content (AvgIpc) is 2.38. The van der Waals surface area contributed by atoms with Crippen LogP contribution in [0.3, 0.4) is 0 Å². The normalized spacial score (nSPS) is 11.6. The van der Waals surface area contributed by atoms with Gasteiger partial charge in [0.05, 0.1) is 17.9 Å². The highest BCUT2D eigenvalue weighted by molar-refractivity contribution is 5.63. The lowest BCUT2D eigenvalue weighted by Crippen LogP contribution is -2.11. The highest BCUT2D eigenvalue weighted by Gasteiger charge is 2.34. The number of aliphatic hydroxyl groups excluding tert-OH is 1. The van der Waals surface area contributed by atoms with E-state index >= 15 is 0 Å². The third-order valence-electron chi connectivity index (χ3n) is 2.60. The molecule has 0 spiro atoms. The van der Waals surface area contributed by atoms with Gasteiger partial charge in [0.15, 0.2) is 0 Å². The summed E-state index contributed by atoms with van der Waals surface area (Å²) in [5.41, 5.74) is -0.788. The quantitative estimate of drug-likeness (QED) is 0.849. The lowest BCUT2D eigenvalue weighted by Gasteiger charge is -2.12. The molecular weight excluding hydrogens is 262 g/mol. The van der Waals surface area contributed by atoms with Crippen LogP contribution >= 0.6 is 0 Å². The summed E-state index contributed by atoms with van der Waals surface area (Å²) in [7, 11) is 0. The average molecular weight is 271 g/mol. The van der Waals surface area contributed by atoms with Gasteiger partial charge in [-0.05, 0) is 23.8 Å². The van der Waals surface area contributed by atoms with Crippen LogP contribution in [0.5, 0.6) is 0 Å². The standard InChI is InChI=1S/C13H9F4NO/c14-10-3-1-8(2-4-10)9-5-11(13(15,16)17)12(7-19)18-6-9/h1-6,19H,7H2. The first-order valence-electron chi connectivity index (χ1n) is 5.34. The molecule has 100 valence electrons. The van der Waals surface area contributed by atoms with Crippen molar-refractivity contribution in [3.8, 4) is 11.1 Å². The molecule has 0 aliphatic heterocycles. The van der Waals surface area contributed by atoms with E-state index in [-0.39, 0.29) is 5.56 Å². The molecule has 1 aromatic carbocycles. The summed E-state index contributed by atoms with van der Waals surface area (Å²) < 4.78 is 51.1. The van der Waals surface area contributed by atoms with Crippen molar-refractivity contribution in [2.24, 2.45) is 0 Å². The van der Waals surface area contributed by atoms with Crippen LogP contribution in [0.15, 0.2) is 36.5 Å². The van der Waals surface area contributed by atoms with Crippen LogP contribution in [0.1, 0.15) is 11.3 Å². The molecule has 0 fully saturated rings. The Bertz CT molecular complexity index is 578. The van der Waals surface area contributed by atoms with Crippen LogP contribution in [0.2, 0.25) is 0 Å². The molecule has 19 heavy (non-hydrogen) atoms. The van der Waals surface area contributed by atoms with E-state index in [1.807, 2.05) is 0 Å². The first kappa shape index (κ1) is 13.5. The zero-order chi connectivity index (χ0) is 14.0. The van der Waals surface area contributed by atoms with Crippen molar-refractivity contribution in [1.29, 1.82) is 0 Å². The molecule has 0 atom stereocenters. The molecule has 0 amide bonds. The molecule has 0 aliphatic rings. The highest BCUT2D eigenvalue weighted by Crippen LogP contribution is 2.34. The van der Waals surface area contributed by atoms with E-state index in [0.29, 0.717) is 5.56 Å². The van der Waals surface area contributed by atoms with Gasteiger partial charge in [-0.2, -0.15) is 13.2 Å². The van der Waals surface area contributed by atoms with E-state index in [0.717, 1.165) is 18.2 Å². The molecule has 2 aromatic rings. The molecule has 2 nitrogen and oxygen atoms in total. The summed E-state index contributed by atoms with van der Waals surface area (Å²) in [6.45, 7) is -0.793. The van der Waals surface area contributed by atoms with Gasteiger partial charge < -0.3 is 5.11 Å². The number of rotatable bonds is 2. The van der Waals surface area contributed by atoms with Crippen LogP contribution in [-0.2, 0) is 12.8 Å². The lowest BCUT2D eigenvalue weighted by molar-refractivity contribution is -0.139. The minimum atomic E-state index is -4.60. The monoisotopic (exact) mass is 271 g/mol. The summed E-state index contributed by atoms with van der Waals surface area (Å²) in [6.07, 6.45) is -3.38. The van der Waals surface area contributed by atoms with Crippen molar-refractivity contribution < 1.29 is 22.7 Å². The summed E-state index contributed by atoms with van der Waals surface area (Å²) in [5.74, 6) is -0.472. The number of alkyl halides is 3. The van der Waals surface area contributed by atoms with Crippen molar-refractivity contribution in [1.82, 2.24) is 4.98 Å². The highest BCUT2D eigenvalue weighted by atomic mass is 19.4. The van der Waals surface area contributed by atoms with Gasteiger partial charge >= 0.3 is 6.18 Å². The van der Waals surface area contributed by atoms with Gasteiger partial charge in [0, 0.05) is 11.8 Å². The molecular formula is C13H9F4NO. The smallest absolute Gasteiger partial charge is 0.390 e. The van der Waals surface area contributed by atoms with E-state index < -0.39 is 29.9 Å². The number of benzene rings is 1. The molecule has 0 aliphatic carbocycles. The second-order valence-corrected chi connectivity index (χ2v) is 3.88. The third kappa shape index (κ3) is 2.90. The minimum absolute atomic E-state index is 0.213. The predicted octanol–water partition coefficient (Wildman–Crippen LogP) is 3.40. The number of hydrogen-bond acceptors (Lipinski definition) is 2. The largest absolute Gasteiger partial charge is 0.418 e. The second-order valence-electron chi connectivity index (χ2n) is 3.88. The Morgan fingerprint density at radius 3 is 2.21 bits per heavy atom. The third-order valence-corrected chi connectivity index (χ3v) is 2.60. The second kappa shape index (κ2) is 4.97. The molecule has 1 aromatic heterocycles. The Hall–Kier alpha value is -1.95. The van der Waals surface area contributed by atoms with Crippen molar-refractivity contribution in [2.75, 3.05) is 0 Å². The van der Waals surface area contributed by atoms with Crippen LogP contribution in [0, 0.1) is 5.82 Å². The topological polar surface area (TPSA) is 33.1 Å². The van der Waals surface area contributed by atoms with Crippen molar-refractivity contribution in [3.05, 3.63) is 53.6 Å². The van der Waals surface area contributed by atoms with Gasteiger partial charge in [0.25, 0.3) is 0 Å². The van der Waals surface area contributed by atoms with Crippen LogP contribution in [0.25, 0.3) is 11.1 Å². The molecule has 0 unspecified atom stereocenters. The molecule has 0 radical (unpaired) electrons. The predicted molar refractivity (Wildman–Crippen MR) is 60.6 cm³/mol. The SMILES string of the molecule is OCc1ncc(-c2ccc(F)cc2)cc1C(F)(F)F. The number of hydrogen-bond donors (Lipinski definition) is 1. The van der Waals surface area contributed by atoms with E-state index in [9.17, 15) is 17.6 Å². The van der Waals surface area contributed by atoms with Gasteiger partial charge in [0.2, 0.25) is 0 Å². The van der Waals surface area contributed by atoms with Gasteiger partial charge in [-0.25, -0.2) is 4.39 Å². The van der Waals surface area contributed by atoms with Gasteiger partial charge in [-0.15, -0.1) is 0 Å². The zero-order valence-electron chi connectivity index (χ0n) is 9.58. The first-order chi connectivity index (χ1) is 8.91. The van der Waals surface area contributed by atoms with Gasteiger partial charge in [-0.1, -0.05) is 12.1 Å². The number of nitrogens with zero attached hydrogens (tertiary/aromatic N) is 1. The molecule has 1 heterocycles. The number of aromatic nitrogens is 1. The fraction of sp³-hybridized carbons (Fsp3) is 0.154. The molecule has 0 saturated carbocycles. The summed E-state index contributed by atoms with van der Waals surface area (Å²) in [4.78, 5) is 3.60. The van der Waals surface area contributed by atoms with Crippen LogP contribution in [-0.4, -0.2) is 10.1 Å². The lowest BCUT2D eigenvalue weighted by atomic mass is 10.0. The Morgan fingerprint density at radius 2 is 1.68 bits per heavy atom. The fourth-order valence-electron chi connectivity index (χ4n) is 1.66. The van der Waals surface area contributed by atoms with Gasteiger partial charge in [-0.3, -0.25) is 4.98 Å². The molecule has 0 saturated heterocycles. The number of halogens is 4. The van der Waals surface area contributed by atoms with Crippen molar-refractivity contribution in [3.63, 3.8) is 0 Å². The zero-order valence-corrected chi connectivity index (χ0v) is 9.58. The first-order valence-corrected chi connectivity index (χ1v) is 5.34. The molecule has 0 bridgehead atoms. The molecule has 1 N–H and O–H groups in total. The van der Waals surface area contributed by atoms with E-state index in [1.165, 1.54) is 18.3 Å². The Morgan fingerprint density at radius 1 is 1.05 bits per heavy atom. The van der Waals surface area contributed by atoms with Crippen molar-refractivity contribution in [2.45, 2.75) is 12.8 Å². The molecule has 6 heteroatoms. The summed E-state index contributed by atoms with van der Waals surface area (Å²) in [6, 6.07) is 5.94. The van der Waals surface area contributed by atoms with E-state index in [2.05, 4.69) is 4.98 Å². The summed E-state index contributed by atoms with van der Waals surface area (Å²) in [5, 5.41) is 8.87. The maximum Gasteiger partial charge on any atom is 0.418 e. The van der Waals surface area contributed by atoms with E-state index in [4.69, 9.17) is 5.11 Å². The Kier molecular flexibility index (Phi) is 3.53.